The van der Waals surface area contributed by atoms with Crippen molar-refractivity contribution in [2.45, 2.75) is 19.3 Å². The lowest BCUT2D eigenvalue weighted by Gasteiger charge is -2.09. The molecule has 0 spiro atoms. The van der Waals surface area contributed by atoms with Crippen LogP contribution in [0.4, 0.5) is 4.39 Å². The van der Waals surface area contributed by atoms with E-state index in [0.29, 0.717) is 19.4 Å². The molecule has 1 saturated heterocycles. The quantitative estimate of drug-likeness (QED) is 0.891. The smallest absolute Gasteiger partial charge is 0.220 e. The number of amides is 1. The number of rotatable bonds is 5. The largest absolute Gasteiger partial charge is 0.356 e. The molecule has 110 valence electrons. The molecule has 2 rings (SSSR count). The van der Waals surface area contributed by atoms with E-state index in [0.717, 1.165) is 5.56 Å². The van der Waals surface area contributed by atoms with Crippen LogP contribution in [-0.4, -0.2) is 32.4 Å². The second kappa shape index (κ2) is 6.35. The van der Waals surface area contributed by atoms with Crippen molar-refractivity contribution in [2.24, 2.45) is 5.92 Å². The standard InChI is InChI=1S/C14H18FNO3S/c15-13-3-1-2-11(8-13)4-5-14(17)16-9-12-6-7-20(18,19)10-12/h1-3,8,12H,4-7,9-10H2,(H,16,17). The molecule has 1 aromatic rings. The molecule has 1 amide bonds. The van der Waals surface area contributed by atoms with Crippen LogP contribution >= 0.6 is 0 Å². The van der Waals surface area contributed by atoms with Crippen LogP contribution in [0.2, 0.25) is 0 Å². The molecule has 6 heteroatoms. The summed E-state index contributed by atoms with van der Waals surface area (Å²) in [6.45, 7) is 0.404. The molecule has 4 nitrogen and oxygen atoms in total. The fourth-order valence-electron chi connectivity index (χ4n) is 2.33. The van der Waals surface area contributed by atoms with Crippen molar-refractivity contribution in [3.05, 3.63) is 35.6 Å². The summed E-state index contributed by atoms with van der Waals surface area (Å²) in [4.78, 5) is 11.7. The third-order valence-electron chi connectivity index (χ3n) is 3.44. The molecule has 1 N–H and O–H groups in total. The van der Waals surface area contributed by atoms with Gasteiger partial charge in [0.05, 0.1) is 11.5 Å². The zero-order chi connectivity index (χ0) is 14.6. The van der Waals surface area contributed by atoms with Gasteiger partial charge in [-0.2, -0.15) is 0 Å². The first-order valence-electron chi connectivity index (χ1n) is 6.66. The minimum absolute atomic E-state index is 0.0260. The first-order chi connectivity index (χ1) is 9.44. The Labute approximate surface area is 118 Å². The number of benzene rings is 1. The summed E-state index contributed by atoms with van der Waals surface area (Å²) in [5.74, 6) is -0.0238. The first-order valence-corrected chi connectivity index (χ1v) is 8.48. The molecule has 1 aliphatic heterocycles. The lowest BCUT2D eigenvalue weighted by Crippen LogP contribution is -2.29. The molecule has 0 radical (unpaired) electrons. The molecule has 0 aromatic heterocycles. The van der Waals surface area contributed by atoms with Gasteiger partial charge in [0.25, 0.3) is 0 Å². The summed E-state index contributed by atoms with van der Waals surface area (Å²) < 4.78 is 35.5. The van der Waals surface area contributed by atoms with Gasteiger partial charge in [0.2, 0.25) is 5.91 Å². The molecule has 1 aromatic carbocycles. The highest BCUT2D eigenvalue weighted by molar-refractivity contribution is 7.91. The summed E-state index contributed by atoms with van der Waals surface area (Å²) in [6, 6.07) is 6.17. The van der Waals surface area contributed by atoms with E-state index in [4.69, 9.17) is 0 Å². The Morgan fingerprint density at radius 2 is 2.20 bits per heavy atom. The number of nitrogens with one attached hydrogen (secondary N) is 1. The van der Waals surface area contributed by atoms with E-state index in [9.17, 15) is 17.6 Å². The first kappa shape index (κ1) is 15.0. The van der Waals surface area contributed by atoms with E-state index in [-0.39, 0.29) is 35.6 Å². The van der Waals surface area contributed by atoms with Crippen LogP contribution in [-0.2, 0) is 21.1 Å². The fourth-order valence-corrected chi connectivity index (χ4v) is 4.19. The van der Waals surface area contributed by atoms with Crippen LogP contribution in [0.25, 0.3) is 0 Å². The maximum atomic E-state index is 13.0. The van der Waals surface area contributed by atoms with Gasteiger partial charge in [-0.1, -0.05) is 12.1 Å². The van der Waals surface area contributed by atoms with E-state index in [1.165, 1.54) is 12.1 Å². The van der Waals surface area contributed by atoms with Gasteiger partial charge in [-0.05, 0) is 36.5 Å². The molecule has 1 aliphatic rings. The lowest BCUT2D eigenvalue weighted by atomic mass is 10.1. The fraction of sp³-hybridized carbons (Fsp3) is 0.500. The summed E-state index contributed by atoms with van der Waals surface area (Å²) in [5.41, 5.74) is 0.781. The number of sulfone groups is 1. The highest BCUT2D eigenvalue weighted by Gasteiger charge is 2.27. The van der Waals surface area contributed by atoms with Crippen molar-refractivity contribution in [1.29, 1.82) is 0 Å². The van der Waals surface area contributed by atoms with E-state index in [1.807, 2.05) is 0 Å². The summed E-state index contributed by atoms with van der Waals surface area (Å²) in [5, 5.41) is 2.75. The van der Waals surface area contributed by atoms with Crippen LogP contribution in [0.1, 0.15) is 18.4 Å². The lowest BCUT2D eigenvalue weighted by molar-refractivity contribution is -0.121. The normalized spacial score (nSPS) is 20.8. The zero-order valence-corrected chi connectivity index (χ0v) is 12.0. The van der Waals surface area contributed by atoms with E-state index in [2.05, 4.69) is 5.32 Å². The van der Waals surface area contributed by atoms with Crippen molar-refractivity contribution in [3.63, 3.8) is 0 Å². The Balaban J connectivity index is 1.71. The van der Waals surface area contributed by atoms with Crippen LogP contribution in [0.15, 0.2) is 24.3 Å². The second-order valence-corrected chi connectivity index (χ2v) is 7.43. The molecular weight excluding hydrogens is 281 g/mol. The highest BCUT2D eigenvalue weighted by atomic mass is 32.2. The Bertz CT molecular complexity index is 586. The number of hydrogen-bond donors (Lipinski definition) is 1. The molecule has 0 saturated carbocycles. The Morgan fingerprint density at radius 1 is 1.40 bits per heavy atom. The van der Waals surface area contributed by atoms with E-state index < -0.39 is 9.84 Å². The SMILES string of the molecule is O=C(CCc1cccc(F)c1)NCC1CCS(=O)(=O)C1. The number of hydrogen-bond acceptors (Lipinski definition) is 3. The van der Waals surface area contributed by atoms with Crippen LogP contribution in [0.5, 0.6) is 0 Å². The number of halogens is 1. The van der Waals surface area contributed by atoms with Crippen molar-refractivity contribution in [3.8, 4) is 0 Å². The predicted octanol–water partition coefficient (Wildman–Crippen LogP) is 1.31. The molecular formula is C14H18FNO3S. The molecule has 20 heavy (non-hydrogen) atoms. The minimum Gasteiger partial charge on any atom is -0.356 e. The zero-order valence-electron chi connectivity index (χ0n) is 11.1. The molecule has 1 heterocycles. The molecule has 1 fully saturated rings. The summed E-state index contributed by atoms with van der Waals surface area (Å²) in [6.07, 6.45) is 1.38. The molecule has 0 bridgehead atoms. The summed E-state index contributed by atoms with van der Waals surface area (Å²) >= 11 is 0. The maximum absolute atomic E-state index is 13.0. The Kier molecular flexibility index (Phi) is 4.75. The van der Waals surface area contributed by atoms with Crippen LogP contribution in [0, 0.1) is 11.7 Å². The third kappa shape index (κ3) is 4.59. The molecule has 1 unspecified atom stereocenters. The molecule has 0 aliphatic carbocycles. The number of carbonyl (C=O) groups excluding carboxylic acids is 1. The van der Waals surface area contributed by atoms with E-state index in [1.54, 1.807) is 12.1 Å². The van der Waals surface area contributed by atoms with Gasteiger partial charge in [-0.25, -0.2) is 12.8 Å². The van der Waals surface area contributed by atoms with Gasteiger partial charge >= 0.3 is 0 Å². The third-order valence-corrected chi connectivity index (χ3v) is 5.28. The van der Waals surface area contributed by atoms with Crippen LogP contribution < -0.4 is 5.32 Å². The molecule has 1 atom stereocenters. The highest BCUT2D eigenvalue weighted by Crippen LogP contribution is 2.17. The second-order valence-electron chi connectivity index (χ2n) is 5.20. The van der Waals surface area contributed by atoms with Gasteiger partial charge in [-0.15, -0.1) is 0 Å². The van der Waals surface area contributed by atoms with Crippen molar-refractivity contribution < 1.29 is 17.6 Å². The maximum Gasteiger partial charge on any atom is 0.220 e. The Morgan fingerprint density at radius 3 is 2.85 bits per heavy atom. The van der Waals surface area contributed by atoms with Gasteiger partial charge in [0.1, 0.15) is 5.82 Å². The average Bonchev–Trinajstić information content (AvgIpc) is 2.74. The van der Waals surface area contributed by atoms with Crippen molar-refractivity contribution >= 4 is 15.7 Å². The van der Waals surface area contributed by atoms with Crippen LogP contribution in [0.3, 0.4) is 0 Å². The van der Waals surface area contributed by atoms with Gasteiger partial charge < -0.3 is 5.32 Å². The van der Waals surface area contributed by atoms with Gasteiger partial charge in [0.15, 0.2) is 9.84 Å². The average molecular weight is 299 g/mol. The predicted molar refractivity (Wildman–Crippen MR) is 74.5 cm³/mol. The topological polar surface area (TPSA) is 63.2 Å². The van der Waals surface area contributed by atoms with Crippen molar-refractivity contribution in [1.82, 2.24) is 5.32 Å². The van der Waals surface area contributed by atoms with Gasteiger partial charge in [-0.3, -0.25) is 4.79 Å². The summed E-state index contributed by atoms with van der Waals surface area (Å²) in [7, 11) is -2.90. The van der Waals surface area contributed by atoms with Gasteiger partial charge in [0, 0.05) is 13.0 Å². The Hall–Kier alpha value is -1.43. The minimum atomic E-state index is -2.90. The van der Waals surface area contributed by atoms with E-state index >= 15 is 0 Å². The van der Waals surface area contributed by atoms with Crippen molar-refractivity contribution in [2.75, 3.05) is 18.1 Å². The monoisotopic (exact) mass is 299 g/mol. The number of carbonyl (C=O) groups is 1. The number of aryl methyl sites for hydroxylation is 1.